The topological polar surface area (TPSA) is 51.0 Å². The number of hydrogen-bond donors (Lipinski definition) is 1. The number of hydrogen-bond acceptors (Lipinski definition) is 4. The van der Waals surface area contributed by atoms with Crippen molar-refractivity contribution in [1.29, 1.82) is 0 Å². The number of benzene rings is 1. The molecule has 2 aromatic heterocycles. The minimum absolute atomic E-state index is 0.791. The third kappa shape index (κ3) is 2.95. The first-order chi connectivity index (χ1) is 10.3. The molecule has 2 heterocycles. The molecule has 0 aliphatic heterocycles. The van der Waals surface area contributed by atoms with Crippen molar-refractivity contribution in [3.05, 3.63) is 59.1 Å². The molecule has 0 aliphatic carbocycles. The Morgan fingerprint density at radius 2 is 2.00 bits per heavy atom. The molecule has 0 atom stereocenters. The molecule has 0 saturated carbocycles. The van der Waals surface area contributed by atoms with E-state index in [0.717, 1.165) is 42.0 Å². The first-order valence-electron chi connectivity index (χ1n) is 7.21. The number of fused-ring (bicyclic) bond motifs is 1. The highest BCUT2D eigenvalue weighted by molar-refractivity contribution is 5.81. The van der Waals surface area contributed by atoms with Gasteiger partial charge < -0.3 is 9.84 Å². The van der Waals surface area contributed by atoms with Gasteiger partial charge in [-0.15, -0.1) is 0 Å². The Bertz CT molecular complexity index is 724. The second kappa shape index (κ2) is 6.06. The smallest absolute Gasteiger partial charge is 0.138 e. The van der Waals surface area contributed by atoms with Crippen LogP contribution in [0.3, 0.4) is 0 Å². The molecule has 0 unspecified atom stereocenters. The minimum atomic E-state index is 0.791. The lowest BCUT2D eigenvalue weighted by Gasteiger charge is -2.07. The highest BCUT2D eigenvalue weighted by Gasteiger charge is 2.08. The van der Waals surface area contributed by atoms with Crippen LogP contribution >= 0.6 is 0 Å². The fourth-order valence-electron chi connectivity index (χ4n) is 2.56. The fraction of sp³-hybridized carbons (Fsp3) is 0.294. The average Bonchev–Trinajstić information content (AvgIpc) is 2.83. The van der Waals surface area contributed by atoms with Crippen LogP contribution < -0.4 is 5.32 Å². The van der Waals surface area contributed by atoms with Crippen molar-refractivity contribution in [2.75, 3.05) is 6.54 Å². The third-order valence-corrected chi connectivity index (χ3v) is 3.77. The predicted octanol–water partition coefficient (Wildman–Crippen LogP) is 3.17. The summed E-state index contributed by atoms with van der Waals surface area (Å²) in [5.41, 5.74) is 4.50. The van der Waals surface area contributed by atoms with Crippen LogP contribution in [0.15, 0.2) is 41.1 Å². The lowest BCUT2D eigenvalue weighted by molar-refractivity contribution is 0.392. The standard InChI is InChI=1S/C17H19N3O/c1-12-16(13(2)21-20-12)11-18-10-8-15-6-3-5-14-7-4-9-19-17(14)15/h3-7,9,18H,8,10-11H2,1-2H3. The maximum Gasteiger partial charge on any atom is 0.138 e. The summed E-state index contributed by atoms with van der Waals surface area (Å²) < 4.78 is 5.17. The Morgan fingerprint density at radius 3 is 2.81 bits per heavy atom. The van der Waals surface area contributed by atoms with Crippen LogP contribution in [-0.4, -0.2) is 16.7 Å². The molecule has 1 N–H and O–H groups in total. The summed E-state index contributed by atoms with van der Waals surface area (Å²) in [6.07, 6.45) is 2.81. The Labute approximate surface area is 124 Å². The van der Waals surface area contributed by atoms with E-state index >= 15 is 0 Å². The van der Waals surface area contributed by atoms with E-state index in [1.165, 1.54) is 10.9 Å². The van der Waals surface area contributed by atoms with Crippen LogP contribution in [0.2, 0.25) is 0 Å². The first kappa shape index (κ1) is 13.8. The Hall–Kier alpha value is -2.20. The molecule has 0 radical (unpaired) electrons. The summed E-state index contributed by atoms with van der Waals surface area (Å²) in [7, 11) is 0. The number of aryl methyl sites for hydroxylation is 2. The zero-order valence-corrected chi connectivity index (χ0v) is 12.4. The summed E-state index contributed by atoms with van der Waals surface area (Å²) in [4.78, 5) is 4.49. The molecule has 0 bridgehead atoms. The monoisotopic (exact) mass is 281 g/mol. The summed E-state index contributed by atoms with van der Waals surface area (Å²) in [5, 5.41) is 8.62. The highest BCUT2D eigenvalue weighted by Crippen LogP contribution is 2.16. The van der Waals surface area contributed by atoms with Crippen molar-refractivity contribution in [2.45, 2.75) is 26.8 Å². The second-order valence-electron chi connectivity index (χ2n) is 5.22. The number of rotatable bonds is 5. The summed E-state index contributed by atoms with van der Waals surface area (Å²) in [6.45, 7) is 5.62. The van der Waals surface area contributed by atoms with Crippen LogP contribution in [0, 0.1) is 13.8 Å². The molecule has 0 aliphatic rings. The van der Waals surface area contributed by atoms with E-state index in [-0.39, 0.29) is 0 Å². The van der Waals surface area contributed by atoms with Gasteiger partial charge in [-0.1, -0.05) is 29.4 Å². The molecule has 3 rings (SSSR count). The summed E-state index contributed by atoms with van der Waals surface area (Å²) >= 11 is 0. The predicted molar refractivity (Wildman–Crippen MR) is 83.1 cm³/mol. The van der Waals surface area contributed by atoms with Crippen molar-refractivity contribution in [2.24, 2.45) is 0 Å². The van der Waals surface area contributed by atoms with Crippen molar-refractivity contribution < 1.29 is 4.52 Å². The summed E-state index contributed by atoms with van der Waals surface area (Å²) in [6, 6.07) is 10.4. The third-order valence-electron chi connectivity index (χ3n) is 3.77. The van der Waals surface area contributed by atoms with Gasteiger partial charge in [-0.3, -0.25) is 4.98 Å². The zero-order chi connectivity index (χ0) is 14.7. The minimum Gasteiger partial charge on any atom is -0.361 e. The van der Waals surface area contributed by atoms with E-state index < -0.39 is 0 Å². The molecular formula is C17H19N3O. The first-order valence-corrected chi connectivity index (χ1v) is 7.21. The normalized spacial score (nSPS) is 11.1. The van der Waals surface area contributed by atoms with Crippen LogP contribution in [0.4, 0.5) is 0 Å². The fourth-order valence-corrected chi connectivity index (χ4v) is 2.56. The van der Waals surface area contributed by atoms with E-state index in [4.69, 9.17) is 4.52 Å². The SMILES string of the molecule is Cc1noc(C)c1CNCCc1cccc2cccnc12. The Balaban J connectivity index is 1.62. The largest absolute Gasteiger partial charge is 0.361 e. The van der Waals surface area contributed by atoms with Gasteiger partial charge in [-0.2, -0.15) is 0 Å². The van der Waals surface area contributed by atoms with Crippen LogP contribution in [0.25, 0.3) is 10.9 Å². The molecular weight excluding hydrogens is 262 g/mol. The van der Waals surface area contributed by atoms with Crippen molar-refractivity contribution in [3.8, 4) is 0 Å². The van der Waals surface area contributed by atoms with E-state index in [2.05, 4.69) is 39.7 Å². The quantitative estimate of drug-likeness (QED) is 0.730. The molecule has 1 aromatic carbocycles. The van der Waals surface area contributed by atoms with Crippen molar-refractivity contribution in [3.63, 3.8) is 0 Å². The number of nitrogens with zero attached hydrogens (tertiary/aromatic N) is 2. The molecule has 21 heavy (non-hydrogen) atoms. The molecule has 0 spiro atoms. The maximum absolute atomic E-state index is 5.17. The van der Waals surface area contributed by atoms with E-state index in [9.17, 15) is 0 Å². The van der Waals surface area contributed by atoms with Gasteiger partial charge in [0.1, 0.15) is 5.76 Å². The van der Waals surface area contributed by atoms with E-state index in [1.807, 2.05) is 26.1 Å². The molecule has 108 valence electrons. The number of pyridine rings is 1. The molecule has 0 fully saturated rings. The van der Waals surface area contributed by atoms with Crippen LogP contribution in [0.1, 0.15) is 22.6 Å². The van der Waals surface area contributed by atoms with Gasteiger partial charge >= 0.3 is 0 Å². The van der Waals surface area contributed by atoms with Crippen molar-refractivity contribution in [1.82, 2.24) is 15.5 Å². The molecule has 4 nitrogen and oxygen atoms in total. The van der Waals surface area contributed by atoms with Gasteiger partial charge in [-0.25, -0.2) is 0 Å². The number of nitrogens with one attached hydrogen (secondary N) is 1. The lowest BCUT2D eigenvalue weighted by Crippen LogP contribution is -2.17. The van der Waals surface area contributed by atoms with Gasteiger partial charge in [-0.05, 0) is 38.4 Å². The van der Waals surface area contributed by atoms with E-state index in [1.54, 1.807) is 0 Å². The van der Waals surface area contributed by atoms with Gasteiger partial charge in [0, 0.05) is 23.7 Å². The summed E-state index contributed by atoms with van der Waals surface area (Å²) in [5.74, 6) is 0.895. The van der Waals surface area contributed by atoms with Crippen LogP contribution in [0.5, 0.6) is 0 Å². The molecule has 4 heteroatoms. The van der Waals surface area contributed by atoms with Crippen molar-refractivity contribution >= 4 is 10.9 Å². The lowest BCUT2D eigenvalue weighted by atomic mass is 10.1. The van der Waals surface area contributed by atoms with Gasteiger partial charge in [0.15, 0.2) is 0 Å². The number of para-hydroxylation sites is 1. The van der Waals surface area contributed by atoms with Gasteiger partial charge in [0.2, 0.25) is 0 Å². The molecule has 0 amide bonds. The Kier molecular flexibility index (Phi) is 3.97. The van der Waals surface area contributed by atoms with E-state index in [0.29, 0.717) is 0 Å². The van der Waals surface area contributed by atoms with Gasteiger partial charge in [0.25, 0.3) is 0 Å². The van der Waals surface area contributed by atoms with Crippen LogP contribution in [-0.2, 0) is 13.0 Å². The van der Waals surface area contributed by atoms with Gasteiger partial charge in [0.05, 0.1) is 11.2 Å². The second-order valence-corrected chi connectivity index (χ2v) is 5.22. The number of aromatic nitrogens is 2. The molecule has 0 saturated heterocycles. The Morgan fingerprint density at radius 1 is 1.14 bits per heavy atom. The average molecular weight is 281 g/mol. The maximum atomic E-state index is 5.17. The zero-order valence-electron chi connectivity index (χ0n) is 12.4. The highest BCUT2D eigenvalue weighted by atomic mass is 16.5. The molecule has 3 aromatic rings.